The van der Waals surface area contributed by atoms with Crippen LogP contribution >= 0.6 is 11.3 Å². The van der Waals surface area contributed by atoms with E-state index in [-0.39, 0.29) is 29.7 Å². The maximum atomic E-state index is 12.9. The van der Waals surface area contributed by atoms with Crippen LogP contribution in [0.15, 0.2) is 71.4 Å². The molecule has 1 aromatic heterocycles. The number of anilines is 3. The molecule has 4 aromatic rings. The lowest BCUT2D eigenvalue weighted by Gasteiger charge is -2.12. The second-order valence-corrected chi connectivity index (χ2v) is 9.23. The van der Waals surface area contributed by atoms with Gasteiger partial charge in [-0.25, -0.2) is 0 Å². The first-order valence-corrected chi connectivity index (χ1v) is 12.3. The van der Waals surface area contributed by atoms with Crippen molar-refractivity contribution >= 4 is 45.9 Å². The highest BCUT2D eigenvalue weighted by atomic mass is 32.1. The Kier molecular flexibility index (Phi) is 6.57. The summed E-state index contributed by atoms with van der Waals surface area (Å²) in [5.74, 6) is -0.218. The summed E-state index contributed by atoms with van der Waals surface area (Å²) in [6.45, 7) is 0.477. The fourth-order valence-electron chi connectivity index (χ4n) is 4.12. The fraction of sp³-hybridized carbons (Fsp3) is 0.111. The van der Waals surface area contributed by atoms with Gasteiger partial charge in [-0.15, -0.1) is 0 Å². The molecule has 3 aromatic carbocycles. The van der Waals surface area contributed by atoms with Crippen LogP contribution in [0.5, 0.6) is 5.75 Å². The lowest BCUT2D eigenvalue weighted by atomic mass is 10.0. The molecule has 1 aliphatic rings. The number of rotatable bonds is 7. The normalized spacial score (nSPS) is 11.9. The summed E-state index contributed by atoms with van der Waals surface area (Å²) in [6, 6.07) is 17.3. The van der Waals surface area contributed by atoms with E-state index in [1.54, 1.807) is 41.7 Å². The van der Waals surface area contributed by atoms with E-state index >= 15 is 0 Å². The smallest absolute Gasteiger partial charge is 0.310 e. The number of methoxy groups -OCH3 is 1. The first-order chi connectivity index (χ1) is 17.9. The van der Waals surface area contributed by atoms with E-state index in [4.69, 9.17) is 4.74 Å². The summed E-state index contributed by atoms with van der Waals surface area (Å²) < 4.78 is 5.19. The second-order valence-electron chi connectivity index (χ2n) is 8.45. The molecule has 1 aliphatic heterocycles. The number of nitrogens with zero attached hydrogens (tertiary/aromatic N) is 1. The Morgan fingerprint density at radius 1 is 0.973 bits per heavy atom. The van der Waals surface area contributed by atoms with Crippen LogP contribution in [0.4, 0.5) is 22.7 Å². The van der Waals surface area contributed by atoms with Crippen LogP contribution in [0, 0.1) is 10.1 Å². The van der Waals surface area contributed by atoms with Crippen molar-refractivity contribution < 1.29 is 19.2 Å². The van der Waals surface area contributed by atoms with Gasteiger partial charge in [0.2, 0.25) is 5.91 Å². The number of hydrogen-bond donors (Lipinski definition) is 3. The minimum atomic E-state index is -0.498. The molecule has 0 fully saturated rings. The number of ether oxygens (including phenoxy) is 1. The van der Waals surface area contributed by atoms with Gasteiger partial charge < -0.3 is 20.7 Å². The Morgan fingerprint density at radius 2 is 1.78 bits per heavy atom. The van der Waals surface area contributed by atoms with Gasteiger partial charge in [-0.3, -0.25) is 19.7 Å². The van der Waals surface area contributed by atoms with E-state index in [1.165, 1.54) is 13.2 Å². The van der Waals surface area contributed by atoms with Gasteiger partial charge in [-0.2, -0.15) is 11.3 Å². The van der Waals surface area contributed by atoms with E-state index in [0.717, 1.165) is 16.7 Å². The highest BCUT2D eigenvalue weighted by Crippen LogP contribution is 2.37. The van der Waals surface area contributed by atoms with Gasteiger partial charge >= 0.3 is 5.69 Å². The topological polar surface area (TPSA) is 123 Å². The third-order valence-electron chi connectivity index (χ3n) is 6.01. The van der Waals surface area contributed by atoms with Gasteiger partial charge in [0, 0.05) is 12.6 Å². The molecular formula is C27H22N4O5S. The molecule has 0 saturated heterocycles. The molecule has 0 unspecified atom stereocenters. The number of amides is 2. The van der Waals surface area contributed by atoms with Crippen LogP contribution in [0.2, 0.25) is 0 Å². The van der Waals surface area contributed by atoms with Crippen molar-refractivity contribution in [3.8, 4) is 16.9 Å². The lowest BCUT2D eigenvalue weighted by Crippen LogP contribution is -2.24. The number of nitrogens with one attached hydrogen (secondary N) is 3. The first-order valence-electron chi connectivity index (χ1n) is 11.4. The Balaban J connectivity index is 1.40. The number of fused-ring (bicyclic) bond motifs is 2. The Hall–Kier alpha value is -4.70. The number of nitro benzene ring substituents is 1. The molecule has 2 amide bonds. The third-order valence-corrected chi connectivity index (χ3v) is 6.74. The molecule has 0 radical (unpaired) electrons. The predicted octanol–water partition coefficient (Wildman–Crippen LogP) is 5.50. The number of hydrogen-bond acceptors (Lipinski definition) is 7. The molecule has 186 valence electrons. The SMILES string of the molecule is COc1cc(-c2ccc3c(c2)Nc2cc(CC(=O)NCc4ccsc4)ccc2NC3=O)ccc1[N+](=O)[O-]. The molecule has 10 heteroatoms. The molecule has 2 heterocycles. The van der Waals surface area contributed by atoms with Crippen LogP contribution in [0.1, 0.15) is 21.5 Å². The minimum absolute atomic E-state index is 0.0985. The first kappa shape index (κ1) is 24.0. The molecule has 9 nitrogen and oxygen atoms in total. The summed E-state index contributed by atoms with van der Waals surface area (Å²) in [7, 11) is 1.38. The number of benzene rings is 3. The van der Waals surface area contributed by atoms with Crippen molar-refractivity contribution in [2.24, 2.45) is 0 Å². The van der Waals surface area contributed by atoms with Crippen molar-refractivity contribution in [2.45, 2.75) is 13.0 Å². The highest BCUT2D eigenvalue weighted by molar-refractivity contribution is 7.07. The zero-order chi connectivity index (χ0) is 25.9. The zero-order valence-electron chi connectivity index (χ0n) is 19.7. The van der Waals surface area contributed by atoms with Crippen LogP contribution in [0.3, 0.4) is 0 Å². The number of carbonyl (C=O) groups is 2. The maximum Gasteiger partial charge on any atom is 0.310 e. The highest BCUT2D eigenvalue weighted by Gasteiger charge is 2.21. The maximum absolute atomic E-state index is 12.9. The Labute approximate surface area is 216 Å². The average molecular weight is 515 g/mol. The summed E-state index contributed by atoms with van der Waals surface area (Å²) >= 11 is 1.58. The summed E-state index contributed by atoms with van der Waals surface area (Å²) in [4.78, 5) is 36.1. The number of carbonyl (C=O) groups excluding carboxylic acids is 2. The van der Waals surface area contributed by atoms with Crippen LogP contribution in [0.25, 0.3) is 11.1 Å². The van der Waals surface area contributed by atoms with E-state index in [1.807, 2.05) is 35.0 Å². The lowest BCUT2D eigenvalue weighted by molar-refractivity contribution is -0.385. The van der Waals surface area contributed by atoms with Gasteiger partial charge in [-0.05, 0) is 75.5 Å². The quantitative estimate of drug-likeness (QED) is 0.221. The van der Waals surface area contributed by atoms with Crippen molar-refractivity contribution in [1.29, 1.82) is 0 Å². The minimum Gasteiger partial charge on any atom is -0.490 e. The number of thiophene rings is 1. The van der Waals surface area contributed by atoms with Crippen LogP contribution < -0.4 is 20.7 Å². The van der Waals surface area contributed by atoms with Crippen molar-refractivity contribution in [3.63, 3.8) is 0 Å². The second kappa shape index (κ2) is 10.1. The van der Waals surface area contributed by atoms with Crippen molar-refractivity contribution in [1.82, 2.24) is 5.32 Å². The summed E-state index contributed by atoms with van der Waals surface area (Å²) in [5.41, 5.74) is 5.46. The molecule has 0 aliphatic carbocycles. The van der Waals surface area contributed by atoms with Crippen molar-refractivity contribution in [2.75, 3.05) is 17.7 Å². The monoisotopic (exact) mass is 514 g/mol. The van der Waals surface area contributed by atoms with E-state index in [9.17, 15) is 19.7 Å². The standard InChI is InChI=1S/C27H22N4O5S/c1-36-25-13-19(4-7-24(25)31(34)35)18-3-5-20-22(12-18)29-23-10-16(2-6-21(23)30-27(20)33)11-26(32)28-14-17-8-9-37-15-17/h2-10,12-13,15,29H,11,14H2,1H3,(H,28,32)(H,30,33). The molecule has 3 N–H and O–H groups in total. The summed E-state index contributed by atoms with van der Waals surface area (Å²) in [6.07, 6.45) is 0.197. The van der Waals surface area contributed by atoms with Gasteiger partial charge in [0.05, 0.1) is 41.1 Å². The van der Waals surface area contributed by atoms with Gasteiger partial charge in [0.1, 0.15) is 0 Å². The van der Waals surface area contributed by atoms with Gasteiger partial charge in [0.25, 0.3) is 5.91 Å². The van der Waals surface area contributed by atoms with Crippen LogP contribution in [-0.2, 0) is 17.8 Å². The van der Waals surface area contributed by atoms with E-state index in [2.05, 4.69) is 16.0 Å². The summed E-state index contributed by atoms with van der Waals surface area (Å²) in [5, 5.41) is 24.3. The number of nitro groups is 1. The fourth-order valence-corrected chi connectivity index (χ4v) is 4.79. The Bertz CT molecular complexity index is 1520. The third kappa shape index (κ3) is 5.14. The van der Waals surface area contributed by atoms with E-state index < -0.39 is 4.92 Å². The molecular weight excluding hydrogens is 492 g/mol. The molecule has 0 saturated carbocycles. The largest absolute Gasteiger partial charge is 0.490 e. The Morgan fingerprint density at radius 3 is 2.54 bits per heavy atom. The average Bonchev–Trinajstić information content (AvgIpc) is 3.37. The van der Waals surface area contributed by atoms with Crippen molar-refractivity contribution in [3.05, 3.63) is 98.2 Å². The van der Waals surface area contributed by atoms with Gasteiger partial charge in [-0.1, -0.05) is 12.1 Å². The van der Waals surface area contributed by atoms with Gasteiger partial charge in [0.15, 0.2) is 5.75 Å². The molecule has 0 spiro atoms. The molecule has 0 bridgehead atoms. The van der Waals surface area contributed by atoms with Crippen LogP contribution in [-0.4, -0.2) is 23.8 Å². The zero-order valence-corrected chi connectivity index (χ0v) is 20.6. The molecule has 0 atom stereocenters. The molecule has 37 heavy (non-hydrogen) atoms. The molecule has 5 rings (SSSR count). The van der Waals surface area contributed by atoms with E-state index in [0.29, 0.717) is 34.7 Å². The predicted molar refractivity (Wildman–Crippen MR) is 143 cm³/mol.